The Hall–Kier alpha value is -1.55. The normalized spacial score (nSPS) is 17.4. The van der Waals surface area contributed by atoms with E-state index < -0.39 is 0 Å². The van der Waals surface area contributed by atoms with Crippen LogP contribution in [0.15, 0.2) is 24.3 Å². The molecular weight excluding hydrogens is 202 g/mol. The molecule has 4 nitrogen and oxygen atoms in total. The third kappa shape index (κ3) is 2.73. The first-order valence-electron chi connectivity index (χ1n) is 5.47. The molecule has 1 aliphatic rings. The van der Waals surface area contributed by atoms with Crippen LogP contribution in [0.3, 0.4) is 0 Å². The van der Waals surface area contributed by atoms with Crippen LogP contribution >= 0.6 is 0 Å². The van der Waals surface area contributed by atoms with Gasteiger partial charge in [-0.05, 0) is 18.2 Å². The first-order valence-corrected chi connectivity index (χ1v) is 5.47. The Kier molecular flexibility index (Phi) is 3.41. The standard InChI is InChI=1S/C12H16N3O/c13-12(16)10-14-6-8-15(9-7-14)11-4-2-1-3-5-11/h2-5H,6-10H2,(H2,13,16). The number of benzene rings is 1. The molecule has 1 aromatic rings. The van der Waals surface area contributed by atoms with Crippen molar-refractivity contribution in [2.75, 3.05) is 37.6 Å². The lowest BCUT2D eigenvalue weighted by Gasteiger charge is -2.35. The van der Waals surface area contributed by atoms with Gasteiger partial charge in [0.2, 0.25) is 5.91 Å². The van der Waals surface area contributed by atoms with Crippen molar-refractivity contribution in [2.45, 2.75) is 0 Å². The van der Waals surface area contributed by atoms with Crippen molar-refractivity contribution in [1.82, 2.24) is 4.90 Å². The lowest BCUT2D eigenvalue weighted by molar-refractivity contribution is -0.119. The predicted octanol–water partition coefficient (Wildman–Crippen LogP) is 0.0941. The number of nitrogens with two attached hydrogens (primary N) is 1. The molecule has 85 valence electrons. The second-order valence-corrected chi connectivity index (χ2v) is 3.99. The summed E-state index contributed by atoms with van der Waals surface area (Å²) < 4.78 is 0. The maximum absolute atomic E-state index is 10.8. The zero-order valence-electron chi connectivity index (χ0n) is 9.22. The minimum Gasteiger partial charge on any atom is -0.369 e. The molecule has 2 rings (SSSR count). The van der Waals surface area contributed by atoms with E-state index in [1.807, 2.05) is 12.1 Å². The molecule has 1 saturated heterocycles. The van der Waals surface area contributed by atoms with Crippen molar-refractivity contribution in [2.24, 2.45) is 5.73 Å². The molecule has 0 aromatic heterocycles. The zero-order chi connectivity index (χ0) is 11.4. The second-order valence-electron chi connectivity index (χ2n) is 3.99. The Morgan fingerprint density at radius 1 is 1.25 bits per heavy atom. The molecule has 0 atom stereocenters. The van der Waals surface area contributed by atoms with Gasteiger partial charge >= 0.3 is 0 Å². The molecule has 1 aliphatic heterocycles. The summed E-state index contributed by atoms with van der Waals surface area (Å²) in [5, 5.41) is 0. The molecule has 0 aliphatic carbocycles. The van der Waals surface area contributed by atoms with Crippen LogP contribution in [0.2, 0.25) is 0 Å². The number of carbonyl (C=O) groups is 1. The van der Waals surface area contributed by atoms with Crippen molar-refractivity contribution in [1.29, 1.82) is 0 Å². The van der Waals surface area contributed by atoms with Gasteiger partial charge in [0, 0.05) is 31.9 Å². The lowest BCUT2D eigenvalue weighted by atomic mass is 10.2. The van der Waals surface area contributed by atoms with Crippen molar-refractivity contribution >= 4 is 11.6 Å². The number of anilines is 1. The minimum absolute atomic E-state index is 0.247. The smallest absolute Gasteiger partial charge is 0.231 e. The van der Waals surface area contributed by atoms with Crippen molar-refractivity contribution in [3.63, 3.8) is 0 Å². The number of nitrogens with zero attached hydrogens (tertiary/aromatic N) is 2. The molecule has 1 amide bonds. The number of hydrogen-bond acceptors (Lipinski definition) is 3. The Labute approximate surface area is 95.6 Å². The van der Waals surface area contributed by atoms with Crippen molar-refractivity contribution < 1.29 is 4.79 Å². The molecule has 1 fully saturated rings. The zero-order valence-corrected chi connectivity index (χ0v) is 9.22. The number of primary amides is 1. The highest BCUT2D eigenvalue weighted by Crippen LogP contribution is 2.14. The Balaban J connectivity index is 1.88. The monoisotopic (exact) mass is 218 g/mol. The Bertz CT molecular complexity index is 345. The third-order valence-electron chi connectivity index (χ3n) is 2.82. The van der Waals surface area contributed by atoms with Gasteiger partial charge in [-0.1, -0.05) is 12.1 Å². The average molecular weight is 218 g/mol. The van der Waals surface area contributed by atoms with Gasteiger partial charge in [-0.15, -0.1) is 0 Å². The van der Waals surface area contributed by atoms with Gasteiger partial charge in [-0.2, -0.15) is 0 Å². The molecular formula is C12H16N3O. The fraction of sp³-hybridized carbons (Fsp3) is 0.417. The fourth-order valence-electron chi connectivity index (χ4n) is 1.97. The molecule has 4 heteroatoms. The van der Waals surface area contributed by atoms with E-state index in [1.165, 1.54) is 5.69 Å². The molecule has 1 heterocycles. The summed E-state index contributed by atoms with van der Waals surface area (Å²) in [7, 11) is 0. The van der Waals surface area contributed by atoms with Gasteiger partial charge in [-0.25, -0.2) is 0 Å². The van der Waals surface area contributed by atoms with Gasteiger partial charge in [0.1, 0.15) is 0 Å². The number of amides is 1. The average Bonchev–Trinajstić information content (AvgIpc) is 2.30. The molecule has 0 unspecified atom stereocenters. The Morgan fingerprint density at radius 2 is 1.88 bits per heavy atom. The number of rotatable bonds is 3. The van der Waals surface area contributed by atoms with E-state index in [4.69, 9.17) is 5.73 Å². The lowest BCUT2D eigenvalue weighted by Crippen LogP contribution is -2.48. The minimum atomic E-state index is -0.247. The van der Waals surface area contributed by atoms with Crippen LogP contribution in [-0.4, -0.2) is 43.5 Å². The van der Waals surface area contributed by atoms with Crippen LogP contribution in [0, 0.1) is 6.07 Å². The van der Waals surface area contributed by atoms with E-state index in [1.54, 1.807) is 0 Å². The molecule has 0 saturated carbocycles. The molecule has 0 spiro atoms. The summed E-state index contributed by atoms with van der Waals surface area (Å²) in [5.41, 5.74) is 6.39. The molecule has 1 aromatic carbocycles. The molecule has 2 N–H and O–H groups in total. The molecule has 16 heavy (non-hydrogen) atoms. The number of carbonyl (C=O) groups excluding carboxylic acids is 1. The molecule has 1 radical (unpaired) electrons. The maximum Gasteiger partial charge on any atom is 0.231 e. The number of piperazine rings is 1. The molecule has 0 bridgehead atoms. The summed E-state index contributed by atoms with van der Waals surface area (Å²) in [6.07, 6.45) is 0. The van der Waals surface area contributed by atoms with Crippen LogP contribution < -0.4 is 10.6 Å². The summed E-state index contributed by atoms with van der Waals surface area (Å²) >= 11 is 0. The van der Waals surface area contributed by atoms with Gasteiger partial charge in [-0.3, -0.25) is 9.69 Å². The quantitative estimate of drug-likeness (QED) is 0.782. The van der Waals surface area contributed by atoms with Gasteiger partial charge < -0.3 is 10.6 Å². The maximum atomic E-state index is 10.8. The van der Waals surface area contributed by atoms with Gasteiger partial charge in [0.25, 0.3) is 0 Å². The summed E-state index contributed by atoms with van der Waals surface area (Å²) in [6, 6.07) is 11.0. The van der Waals surface area contributed by atoms with E-state index in [-0.39, 0.29) is 5.91 Å². The van der Waals surface area contributed by atoms with Gasteiger partial charge in [0.15, 0.2) is 0 Å². The number of hydrogen-bond donors (Lipinski definition) is 1. The first-order chi connectivity index (χ1) is 7.75. The Morgan fingerprint density at radius 3 is 2.44 bits per heavy atom. The van der Waals surface area contributed by atoms with E-state index in [0.29, 0.717) is 6.54 Å². The van der Waals surface area contributed by atoms with Gasteiger partial charge in [0.05, 0.1) is 6.54 Å². The first kappa shape index (κ1) is 11.0. The highest BCUT2D eigenvalue weighted by Gasteiger charge is 2.17. The fourth-order valence-corrected chi connectivity index (χ4v) is 1.97. The highest BCUT2D eigenvalue weighted by molar-refractivity contribution is 5.75. The van der Waals surface area contributed by atoms with Crippen LogP contribution in [0.25, 0.3) is 0 Å². The largest absolute Gasteiger partial charge is 0.369 e. The highest BCUT2D eigenvalue weighted by atomic mass is 16.1. The van der Waals surface area contributed by atoms with Crippen molar-refractivity contribution in [3.05, 3.63) is 30.3 Å². The second kappa shape index (κ2) is 4.99. The van der Waals surface area contributed by atoms with E-state index in [2.05, 4.69) is 28.0 Å². The van der Waals surface area contributed by atoms with E-state index in [9.17, 15) is 4.79 Å². The summed E-state index contributed by atoms with van der Waals surface area (Å²) in [4.78, 5) is 15.2. The SMILES string of the molecule is NC(=O)CN1CCN(c2cc[c]cc2)CC1. The van der Waals surface area contributed by atoms with Crippen LogP contribution in [-0.2, 0) is 4.79 Å². The third-order valence-corrected chi connectivity index (χ3v) is 2.82. The summed E-state index contributed by atoms with van der Waals surface area (Å²) in [5.74, 6) is -0.247. The van der Waals surface area contributed by atoms with Crippen LogP contribution in [0.5, 0.6) is 0 Å². The topological polar surface area (TPSA) is 49.6 Å². The van der Waals surface area contributed by atoms with Crippen LogP contribution in [0.4, 0.5) is 5.69 Å². The van der Waals surface area contributed by atoms with Crippen LogP contribution in [0.1, 0.15) is 0 Å². The van der Waals surface area contributed by atoms with E-state index >= 15 is 0 Å². The summed E-state index contributed by atoms with van der Waals surface area (Å²) in [6.45, 7) is 4.04. The predicted molar refractivity (Wildman–Crippen MR) is 63.1 cm³/mol. The van der Waals surface area contributed by atoms with Crippen molar-refractivity contribution in [3.8, 4) is 0 Å². The van der Waals surface area contributed by atoms with E-state index in [0.717, 1.165) is 26.2 Å².